The van der Waals surface area contributed by atoms with Crippen LogP contribution < -0.4 is 10.6 Å². The summed E-state index contributed by atoms with van der Waals surface area (Å²) >= 11 is 0. The Morgan fingerprint density at radius 3 is 2.76 bits per heavy atom. The molecule has 1 aromatic heterocycles. The number of nitrogens with one attached hydrogen (secondary N) is 2. The first-order chi connectivity index (χ1) is 12.1. The first kappa shape index (κ1) is 19.2. The van der Waals surface area contributed by atoms with E-state index in [9.17, 15) is 4.79 Å². The molecule has 0 fully saturated rings. The molecular formula is C19H30N4O2. The van der Waals surface area contributed by atoms with Crippen molar-refractivity contribution >= 4 is 17.0 Å². The average molecular weight is 346 g/mol. The number of benzene rings is 1. The van der Waals surface area contributed by atoms with E-state index in [0.717, 1.165) is 48.3 Å². The summed E-state index contributed by atoms with van der Waals surface area (Å²) < 4.78 is 5.28. The Bertz CT molecular complexity index is 668. The molecule has 25 heavy (non-hydrogen) atoms. The van der Waals surface area contributed by atoms with E-state index in [1.165, 1.54) is 12.8 Å². The number of nitrogens with zero attached hydrogens (tertiary/aromatic N) is 2. The number of aryl methyl sites for hydroxylation is 1. The van der Waals surface area contributed by atoms with E-state index >= 15 is 0 Å². The maximum Gasteiger partial charge on any atom is 0.315 e. The monoisotopic (exact) mass is 346 g/mol. The molecule has 2 rings (SSSR count). The van der Waals surface area contributed by atoms with Crippen LogP contribution in [0.3, 0.4) is 0 Å². The number of aromatic nitrogens is 1. The van der Waals surface area contributed by atoms with Crippen LogP contribution >= 0.6 is 0 Å². The van der Waals surface area contributed by atoms with E-state index in [-0.39, 0.29) is 6.03 Å². The highest BCUT2D eigenvalue weighted by atomic mass is 16.5. The summed E-state index contributed by atoms with van der Waals surface area (Å²) in [7, 11) is 0. The lowest BCUT2D eigenvalue weighted by atomic mass is 10.1. The van der Waals surface area contributed by atoms with Gasteiger partial charge >= 0.3 is 6.03 Å². The quantitative estimate of drug-likeness (QED) is 0.647. The molecule has 0 aliphatic rings. The lowest BCUT2D eigenvalue weighted by molar-refractivity contribution is 0.238. The van der Waals surface area contributed by atoms with Crippen molar-refractivity contribution in [3.8, 4) is 0 Å². The molecule has 1 heterocycles. The maximum absolute atomic E-state index is 11.9. The van der Waals surface area contributed by atoms with Gasteiger partial charge in [-0.2, -0.15) is 0 Å². The van der Waals surface area contributed by atoms with Gasteiger partial charge in [-0.25, -0.2) is 4.79 Å². The molecule has 2 N–H and O–H groups in total. The number of carbonyl (C=O) groups excluding carboxylic acids is 1. The molecule has 6 heteroatoms. The fourth-order valence-corrected chi connectivity index (χ4v) is 2.77. The standard InChI is InChI=1S/C19H30N4O2/c1-4-6-11-23(5-2)12-7-10-20-19(24)21-14-17-16-13-15(3)8-9-18(16)25-22-17/h8-9,13H,4-7,10-12,14H2,1-3H3,(H2,20,21,24). The van der Waals surface area contributed by atoms with Gasteiger partial charge in [0.05, 0.1) is 6.54 Å². The molecule has 2 amide bonds. The van der Waals surface area contributed by atoms with Crippen molar-refractivity contribution in [3.05, 3.63) is 29.5 Å². The van der Waals surface area contributed by atoms with Crippen molar-refractivity contribution in [1.29, 1.82) is 0 Å². The Morgan fingerprint density at radius 2 is 2.00 bits per heavy atom. The summed E-state index contributed by atoms with van der Waals surface area (Å²) in [6.45, 7) is 10.7. The highest BCUT2D eigenvalue weighted by molar-refractivity contribution is 5.81. The molecule has 0 spiro atoms. The fraction of sp³-hybridized carbons (Fsp3) is 0.579. The summed E-state index contributed by atoms with van der Waals surface area (Å²) in [5, 5.41) is 10.7. The molecule has 6 nitrogen and oxygen atoms in total. The average Bonchev–Trinajstić information content (AvgIpc) is 3.01. The summed E-state index contributed by atoms with van der Waals surface area (Å²) in [6.07, 6.45) is 3.40. The highest BCUT2D eigenvalue weighted by Crippen LogP contribution is 2.19. The second-order valence-electron chi connectivity index (χ2n) is 6.38. The Morgan fingerprint density at radius 1 is 1.20 bits per heavy atom. The van der Waals surface area contributed by atoms with Crippen LogP contribution in [0.15, 0.2) is 22.7 Å². The van der Waals surface area contributed by atoms with Crippen LogP contribution in [0.1, 0.15) is 44.4 Å². The second kappa shape index (κ2) is 10.0. The number of hydrogen-bond acceptors (Lipinski definition) is 4. The molecule has 0 unspecified atom stereocenters. The Hall–Kier alpha value is -2.08. The van der Waals surface area contributed by atoms with E-state index in [2.05, 4.69) is 34.5 Å². The number of carbonyl (C=O) groups is 1. The van der Waals surface area contributed by atoms with Crippen LogP contribution in [0.5, 0.6) is 0 Å². The summed E-state index contributed by atoms with van der Waals surface area (Å²) in [5.41, 5.74) is 2.64. The lowest BCUT2D eigenvalue weighted by Gasteiger charge is -2.19. The second-order valence-corrected chi connectivity index (χ2v) is 6.38. The number of urea groups is 1. The largest absolute Gasteiger partial charge is 0.356 e. The van der Waals surface area contributed by atoms with Crippen LogP contribution in [-0.2, 0) is 6.54 Å². The van der Waals surface area contributed by atoms with Gasteiger partial charge in [-0.1, -0.05) is 37.1 Å². The van der Waals surface area contributed by atoms with Gasteiger partial charge < -0.3 is 20.1 Å². The number of unbranched alkanes of at least 4 members (excludes halogenated alkanes) is 1. The summed E-state index contributed by atoms with van der Waals surface area (Å²) in [6, 6.07) is 5.74. The van der Waals surface area contributed by atoms with Crippen molar-refractivity contribution in [2.24, 2.45) is 0 Å². The van der Waals surface area contributed by atoms with Gasteiger partial charge in [-0.3, -0.25) is 0 Å². The van der Waals surface area contributed by atoms with E-state index in [1.807, 2.05) is 25.1 Å². The van der Waals surface area contributed by atoms with Crippen molar-refractivity contribution < 1.29 is 9.32 Å². The number of rotatable bonds is 10. The number of hydrogen-bond donors (Lipinski definition) is 2. The van der Waals surface area contributed by atoms with Crippen LogP contribution in [-0.4, -0.2) is 42.3 Å². The zero-order valence-electron chi connectivity index (χ0n) is 15.6. The third-order valence-electron chi connectivity index (χ3n) is 4.33. The minimum Gasteiger partial charge on any atom is -0.356 e. The lowest BCUT2D eigenvalue weighted by Crippen LogP contribution is -2.37. The van der Waals surface area contributed by atoms with E-state index in [4.69, 9.17) is 4.52 Å². The van der Waals surface area contributed by atoms with Gasteiger partial charge in [0.2, 0.25) is 0 Å². The molecular weight excluding hydrogens is 316 g/mol. The Kier molecular flexibility index (Phi) is 7.73. The van der Waals surface area contributed by atoms with Crippen molar-refractivity contribution in [3.63, 3.8) is 0 Å². The molecule has 2 aromatic rings. The smallest absolute Gasteiger partial charge is 0.315 e. The molecule has 0 bridgehead atoms. The van der Waals surface area contributed by atoms with Crippen LogP contribution in [0.4, 0.5) is 4.79 Å². The summed E-state index contributed by atoms with van der Waals surface area (Å²) in [5.74, 6) is 0. The first-order valence-electron chi connectivity index (χ1n) is 9.23. The van der Waals surface area contributed by atoms with Crippen LogP contribution in [0.2, 0.25) is 0 Å². The van der Waals surface area contributed by atoms with Crippen molar-refractivity contribution in [2.45, 2.75) is 46.6 Å². The third kappa shape index (κ3) is 6.05. The third-order valence-corrected chi connectivity index (χ3v) is 4.33. The molecule has 0 aliphatic carbocycles. The van der Waals surface area contributed by atoms with Crippen molar-refractivity contribution in [1.82, 2.24) is 20.7 Å². The summed E-state index contributed by atoms with van der Waals surface area (Å²) in [4.78, 5) is 14.4. The van der Waals surface area contributed by atoms with Gasteiger partial charge in [0.25, 0.3) is 0 Å². The molecule has 0 saturated carbocycles. The van der Waals surface area contributed by atoms with Gasteiger partial charge in [-0.15, -0.1) is 0 Å². The normalized spacial score (nSPS) is 11.2. The Labute approximate surface area is 149 Å². The SMILES string of the molecule is CCCCN(CC)CCCNC(=O)NCc1noc2ccc(C)cc12. The predicted octanol–water partition coefficient (Wildman–Crippen LogP) is 3.45. The zero-order valence-corrected chi connectivity index (χ0v) is 15.6. The molecule has 0 radical (unpaired) electrons. The van der Waals surface area contributed by atoms with Gasteiger partial charge in [0.15, 0.2) is 5.58 Å². The zero-order chi connectivity index (χ0) is 18.1. The molecule has 138 valence electrons. The predicted molar refractivity (Wildman–Crippen MR) is 101 cm³/mol. The van der Waals surface area contributed by atoms with Gasteiger partial charge in [0.1, 0.15) is 5.69 Å². The highest BCUT2D eigenvalue weighted by Gasteiger charge is 2.09. The Balaban J connectivity index is 1.69. The minimum absolute atomic E-state index is 0.166. The van der Waals surface area contributed by atoms with Gasteiger partial charge in [-0.05, 0) is 51.5 Å². The molecule has 0 aliphatic heterocycles. The van der Waals surface area contributed by atoms with E-state index in [1.54, 1.807) is 0 Å². The molecule has 0 atom stereocenters. The van der Waals surface area contributed by atoms with Crippen LogP contribution in [0.25, 0.3) is 11.0 Å². The van der Waals surface area contributed by atoms with E-state index in [0.29, 0.717) is 13.1 Å². The number of amides is 2. The molecule has 0 saturated heterocycles. The topological polar surface area (TPSA) is 70.4 Å². The van der Waals surface area contributed by atoms with Crippen LogP contribution in [0, 0.1) is 6.92 Å². The maximum atomic E-state index is 11.9. The molecule has 1 aromatic carbocycles. The van der Waals surface area contributed by atoms with Crippen molar-refractivity contribution in [2.75, 3.05) is 26.2 Å². The van der Waals surface area contributed by atoms with Gasteiger partial charge in [0, 0.05) is 11.9 Å². The fourth-order valence-electron chi connectivity index (χ4n) is 2.77. The number of fused-ring (bicyclic) bond motifs is 1. The van der Waals surface area contributed by atoms with E-state index < -0.39 is 0 Å². The first-order valence-corrected chi connectivity index (χ1v) is 9.23. The minimum atomic E-state index is -0.166.